The molecule has 0 saturated carbocycles. The third-order valence-corrected chi connectivity index (χ3v) is 13.9. The van der Waals surface area contributed by atoms with Gasteiger partial charge in [-0.1, -0.05) is 188 Å². The maximum Gasteiger partial charge on any atom is 0.164 e. The van der Waals surface area contributed by atoms with Crippen LogP contribution < -0.4 is 0 Å². The summed E-state index contributed by atoms with van der Waals surface area (Å²) >= 11 is 1.84. The van der Waals surface area contributed by atoms with Crippen LogP contribution >= 0.6 is 11.8 Å². The first-order chi connectivity index (χ1) is 29.7. The fourth-order valence-corrected chi connectivity index (χ4v) is 11.3. The molecule has 0 fully saturated rings. The Kier molecular flexibility index (Phi) is 7.16. The Morgan fingerprint density at radius 2 is 0.817 bits per heavy atom. The van der Waals surface area contributed by atoms with Gasteiger partial charge in [-0.15, -0.1) is 0 Å². The van der Waals surface area contributed by atoms with Crippen molar-refractivity contribution >= 4 is 22.5 Å². The minimum atomic E-state index is -0.485. The molecule has 0 unspecified atom stereocenters. The summed E-state index contributed by atoms with van der Waals surface area (Å²) < 4.78 is 0. The molecule has 2 heterocycles. The number of fused-ring (bicyclic) bond motifs is 12. The lowest BCUT2D eigenvalue weighted by Crippen LogP contribution is -2.32. The molecule has 9 aromatic carbocycles. The summed E-state index contributed by atoms with van der Waals surface area (Å²) in [7, 11) is 0. The van der Waals surface area contributed by atoms with E-state index in [9.17, 15) is 0 Å². The van der Waals surface area contributed by atoms with E-state index in [2.05, 4.69) is 182 Å². The highest BCUT2D eigenvalue weighted by Gasteiger charge is 2.50. The Morgan fingerprint density at radius 1 is 0.300 bits per heavy atom. The van der Waals surface area contributed by atoms with E-state index in [0.717, 1.165) is 22.3 Å². The van der Waals surface area contributed by atoms with Gasteiger partial charge in [0.2, 0.25) is 0 Å². The van der Waals surface area contributed by atoms with E-state index in [-0.39, 0.29) is 0 Å². The molecule has 0 amide bonds. The lowest BCUT2D eigenvalue weighted by Gasteiger charge is -2.39. The van der Waals surface area contributed by atoms with Gasteiger partial charge in [0.25, 0.3) is 0 Å². The third-order valence-electron chi connectivity index (χ3n) is 12.8. The van der Waals surface area contributed by atoms with Crippen molar-refractivity contribution < 1.29 is 0 Å². The molecule has 2 aliphatic carbocycles. The molecule has 4 heteroatoms. The fraction of sp³-hybridized carbons (Fsp3) is 0.0179. The van der Waals surface area contributed by atoms with E-state index < -0.39 is 5.41 Å². The maximum atomic E-state index is 5.26. The molecular weight excluding hydrogens is 747 g/mol. The molecular formula is C56H33N3S. The largest absolute Gasteiger partial charge is 0.208 e. The normalized spacial score (nSPS) is 13.4. The Morgan fingerprint density at radius 3 is 1.53 bits per heavy atom. The lowest BCUT2D eigenvalue weighted by molar-refractivity contribution is 0.722. The number of benzene rings is 9. The summed E-state index contributed by atoms with van der Waals surface area (Å²) in [5, 5.41) is 2.63. The first kappa shape index (κ1) is 33.6. The molecule has 1 aromatic heterocycles. The molecule has 1 aliphatic heterocycles. The van der Waals surface area contributed by atoms with Crippen LogP contribution in [0.5, 0.6) is 0 Å². The van der Waals surface area contributed by atoms with Gasteiger partial charge in [-0.3, -0.25) is 0 Å². The Balaban J connectivity index is 0.947. The van der Waals surface area contributed by atoms with Crippen molar-refractivity contribution in [2.24, 2.45) is 0 Å². The average molecular weight is 780 g/mol. The van der Waals surface area contributed by atoms with Crippen molar-refractivity contribution in [1.29, 1.82) is 0 Å². The lowest BCUT2D eigenvalue weighted by atomic mass is 9.67. The molecule has 0 saturated heterocycles. The van der Waals surface area contributed by atoms with E-state index in [1.54, 1.807) is 0 Å². The number of hydrogen-bond acceptors (Lipinski definition) is 4. The van der Waals surface area contributed by atoms with Crippen LogP contribution in [0, 0.1) is 0 Å². The number of aromatic nitrogens is 3. The molecule has 0 radical (unpaired) electrons. The molecule has 60 heavy (non-hydrogen) atoms. The van der Waals surface area contributed by atoms with E-state index in [1.807, 2.05) is 30.0 Å². The van der Waals surface area contributed by atoms with Crippen LogP contribution in [0.1, 0.15) is 22.3 Å². The molecule has 3 nitrogen and oxygen atoms in total. The maximum absolute atomic E-state index is 5.26. The van der Waals surface area contributed by atoms with Crippen LogP contribution in [0.3, 0.4) is 0 Å². The summed E-state index contributed by atoms with van der Waals surface area (Å²) in [5.41, 5.74) is 17.7. The van der Waals surface area contributed by atoms with Crippen LogP contribution in [0.4, 0.5) is 0 Å². The predicted molar refractivity (Wildman–Crippen MR) is 245 cm³/mol. The summed E-state index contributed by atoms with van der Waals surface area (Å²) in [4.78, 5) is 18.1. The highest BCUT2D eigenvalue weighted by molar-refractivity contribution is 7.99. The van der Waals surface area contributed by atoms with Gasteiger partial charge >= 0.3 is 0 Å². The molecule has 0 atom stereocenters. The van der Waals surface area contributed by atoms with Crippen LogP contribution in [0.25, 0.3) is 89.4 Å². The number of hydrogen-bond donors (Lipinski definition) is 0. The number of rotatable bonds is 4. The Bertz CT molecular complexity index is 3360. The van der Waals surface area contributed by atoms with Gasteiger partial charge in [-0.2, -0.15) is 0 Å². The number of nitrogens with zero attached hydrogens (tertiary/aromatic N) is 3. The second kappa shape index (κ2) is 12.8. The van der Waals surface area contributed by atoms with E-state index in [1.165, 1.54) is 81.8 Å². The van der Waals surface area contributed by atoms with E-state index in [0.29, 0.717) is 17.5 Å². The Labute approximate surface area is 352 Å². The molecule has 0 N–H and O–H groups in total. The van der Waals surface area contributed by atoms with Gasteiger partial charge in [0, 0.05) is 26.5 Å². The monoisotopic (exact) mass is 779 g/mol. The quantitative estimate of drug-likeness (QED) is 0.178. The zero-order valence-electron chi connectivity index (χ0n) is 32.3. The standard InChI is InChI=1S/C56H33N3S/c1-2-12-36(13-3-1)53-57-54(37-26-24-34(25-27-37)38-28-30-40-43-18-10-14-35-15-11-19-44(52(35)43)45(40)32-38)59-55(58-53)39-29-31-51-49(33-39)56(48-22-8-9-23-50(48)60-51)46-20-6-4-16-41(46)42-17-5-7-21-47(42)56/h1-33H. The van der Waals surface area contributed by atoms with Gasteiger partial charge in [-0.05, 0) is 102 Å². The van der Waals surface area contributed by atoms with Crippen molar-refractivity contribution in [1.82, 2.24) is 15.0 Å². The summed E-state index contributed by atoms with van der Waals surface area (Å²) in [6.07, 6.45) is 0. The van der Waals surface area contributed by atoms with Gasteiger partial charge in [-0.25, -0.2) is 15.0 Å². The summed E-state index contributed by atoms with van der Waals surface area (Å²) in [6, 6.07) is 72.6. The highest BCUT2D eigenvalue weighted by Crippen LogP contribution is 2.62. The van der Waals surface area contributed by atoms with Crippen LogP contribution in [-0.4, -0.2) is 15.0 Å². The zero-order valence-corrected chi connectivity index (χ0v) is 33.1. The van der Waals surface area contributed by atoms with Gasteiger partial charge in [0.15, 0.2) is 17.5 Å². The van der Waals surface area contributed by atoms with Crippen LogP contribution in [-0.2, 0) is 5.41 Å². The van der Waals surface area contributed by atoms with Crippen molar-refractivity contribution in [3.8, 4) is 78.7 Å². The third kappa shape index (κ3) is 4.77. The van der Waals surface area contributed by atoms with E-state index >= 15 is 0 Å². The van der Waals surface area contributed by atoms with Crippen LogP contribution in [0.2, 0.25) is 0 Å². The highest BCUT2D eigenvalue weighted by atomic mass is 32.2. The second-order valence-electron chi connectivity index (χ2n) is 15.9. The molecule has 1 spiro atoms. The van der Waals surface area contributed by atoms with Crippen molar-refractivity contribution in [2.75, 3.05) is 0 Å². The predicted octanol–water partition coefficient (Wildman–Crippen LogP) is 14.2. The first-order valence-corrected chi connectivity index (χ1v) is 21.2. The summed E-state index contributed by atoms with van der Waals surface area (Å²) in [6.45, 7) is 0. The zero-order chi connectivity index (χ0) is 39.4. The summed E-state index contributed by atoms with van der Waals surface area (Å²) in [5.74, 6) is 1.94. The molecule has 278 valence electrons. The van der Waals surface area contributed by atoms with E-state index in [4.69, 9.17) is 15.0 Å². The minimum absolute atomic E-state index is 0.485. The van der Waals surface area contributed by atoms with Crippen LogP contribution in [0.15, 0.2) is 210 Å². The van der Waals surface area contributed by atoms with Crippen molar-refractivity contribution in [3.63, 3.8) is 0 Å². The fourth-order valence-electron chi connectivity index (χ4n) is 10.1. The van der Waals surface area contributed by atoms with Gasteiger partial charge in [0.1, 0.15) is 0 Å². The van der Waals surface area contributed by atoms with Crippen molar-refractivity contribution in [2.45, 2.75) is 15.2 Å². The van der Waals surface area contributed by atoms with Gasteiger partial charge in [0.05, 0.1) is 5.41 Å². The average Bonchev–Trinajstić information content (AvgIpc) is 3.80. The van der Waals surface area contributed by atoms with Gasteiger partial charge < -0.3 is 0 Å². The topological polar surface area (TPSA) is 38.7 Å². The smallest absolute Gasteiger partial charge is 0.164 e. The first-order valence-electron chi connectivity index (χ1n) is 20.4. The minimum Gasteiger partial charge on any atom is -0.208 e. The van der Waals surface area contributed by atoms with Crippen molar-refractivity contribution in [3.05, 3.63) is 222 Å². The second-order valence-corrected chi connectivity index (χ2v) is 17.0. The Hall–Kier alpha value is -7.40. The SMILES string of the molecule is c1ccc(-c2nc(-c3ccc(-c4ccc5c(c4)-c4cccc6cccc-5c46)cc3)nc(-c3ccc4c(c3)C3(c5ccccc5S4)c4ccccc4-c4ccccc43)n2)cc1. The molecule has 0 bridgehead atoms. The molecule has 3 aliphatic rings. The molecule has 10 aromatic rings. The molecule has 13 rings (SSSR count).